The van der Waals surface area contributed by atoms with Crippen LogP contribution in [0.5, 0.6) is 0 Å². The van der Waals surface area contributed by atoms with Gasteiger partial charge in [-0.25, -0.2) is 4.39 Å². The van der Waals surface area contributed by atoms with Crippen molar-refractivity contribution in [3.8, 4) is 0 Å². The topological polar surface area (TPSA) is 20.2 Å². The lowest BCUT2D eigenvalue weighted by atomic mass is 9.78. The monoisotopic (exact) mass is 148 g/mol. The van der Waals surface area contributed by atoms with Gasteiger partial charge in [-0.3, -0.25) is 0 Å². The first-order valence-electron chi connectivity index (χ1n) is 3.57. The molecular formula is C8H17FO. The van der Waals surface area contributed by atoms with Crippen LogP contribution >= 0.6 is 0 Å². The van der Waals surface area contributed by atoms with Crippen molar-refractivity contribution >= 4 is 0 Å². The minimum atomic E-state index is -2.06. The van der Waals surface area contributed by atoms with Gasteiger partial charge >= 0.3 is 0 Å². The number of halogens is 1. The molecule has 0 aliphatic carbocycles. The highest BCUT2D eigenvalue weighted by atomic mass is 19.2. The molecule has 0 rings (SSSR count). The van der Waals surface area contributed by atoms with Gasteiger partial charge in [0.05, 0.1) is 0 Å². The molecule has 0 spiro atoms. The fourth-order valence-electron chi connectivity index (χ4n) is 0.790. The first-order chi connectivity index (χ1) is 4.15. The number of hydrogen-bond acceptors (Lipinski definition) is 1. The summed E-state index contributed by atoms with van der Waals surface area (Å²) in [5.41, 5.74) is -0.182. The average molecular weight is 148 g/mol. The van der Waals surface area contributed by atoms with E-state index in [4.69, 9.17) is 5.11 Å². The van der Waals surface area contributed by atoms with Crippen LogP contribution in [0, 0.1) is 11.3 Å². The molecule has 0 aromatic heterocycles. The first kappa shape index (κ1) is 9.89. The Bertz CT molecular complexity index is 93.4. The molecule has 62 valence electrons. The Balaban J connectivity index is 4.23. The predicted octanol–water partition coefficient (Wildman–Crippen LogP) is 2.35. The zero-order chi connectivity index (χ0) is 8.58. The molecule has 2 atom stereocenters. The highest BCUT2D eigenvalue weighted by molar-refractivity contribution is 4.78. The summed E-state index contributed by atoms with van der Waals surface area (Å²) in [6, 6.07) is 0. The van der Waals surface area contributed by atoms with Gasteiger partial charge in [0.25, 0.3) is 0 Å². The summed E-state index contributed by atoms with van der Waals surface area (Å²) in [7, 11) is 0. The maximum absolute atomic E-state index is 12.8. The molecule has 0 radical (unpaired) electrons. The van der Waals surface area contributed by atoms with Crippen LogP contribution in [0.2, 0.25) is 0 Å². The van der Waals surface area contributed by atoms with Crippen LogP contribution in [-0.2, 0) is 0 Å². The van der Waals surface area contributed by atoms with Gasteiger partial charge in [0.1, 0.15) is 0 Å². The second-order valence-corrected chi connectivity index (χ2v) is 4.11. The van der Waals surface area contributed by atoms with E-state index in [1.54, 1.807) is 6.92 Å². The summed E-state index contributed by atoms with van der Waals surface area (Å²) in [5, 5.41) is 8.96. The average Bonchev–Trinajstić information content (AvgIpc) is 1.59. The second-order valence-electron chi connectivity index (χ2n) is 4.11. The van der Waals surface area contributed by atoms with Gasteiger partial charge < -0.3 is 5.11 Å². The number of aliphatic hydroxyl groups is 1. The summed E-state index contributed by atoms with van der Waals surface area (Å²) >= 11 is 0. The summed E-state index contributed by atoms with van der Waals surface area (Å²) in [6.07, 6.45) is 0. The van der Waals surface area contributed by atoms with Crippen molar-refractivity contribution in [3.05, 3.63) is 0 Å². The molecule has 0 saturated carbocycles. The zero-order valence-corrected chi connectivity index (χ0v) is 7.40. The molecule has 2 heteroatoms. The van der Waals surface area contributed by atoms with E-state index < -0.39 is 5.85 Å². The standard InChI is InChI=1S/C8H17FO/c1-6(7(2,3)4)8(5,9)10/h6,10H,1-5H3/t6-,8-/m1/s1. The van der Waals surface area contributed by atoms with Gasteiger partial charge in [-0.1, -0.05) is 27.7 Å². The highest BCUT2D eigenvalue weighted by Crippen LogP contribution is 2.34. The Hall–Kier alpha value is -0.110. The normalized spacial score (nSPS) is 21.9. The largest absolute Gasteiger partial charge is 0.362 e. The van der Waals surface area contributed by atoms with Gasteiger partial charge in [0, 0.05) is 5.92 Å². The fourth-order valence-corrected chi connectivity index (χ4v) is 0.790. The molecule has 0 unspecified atom stereocenters. The molecule has 1 nitrogen and oxygen atoms in total. The Morgan fingerprint density at radius 3 is 1.50 bits per heavy atom. The van der Waals surface area contributed by atoms with Crippen LogP contribution in [0.3, 0.4) is 0 Å². The van der Waals surface area contributed by atoms with E-state index in [-0.39, 0.29) is 11.3 Å². The second kappa shape index (κ2) is 2.50. The lowest BCUT2D eigenvalue weighted by Gasteiger charge is -2.33. The van der Waals surface area contributed by atoms with Crippen molar-refractivity contribution in [2.45, 2.75) is 40.5 Å². The Kier molecular flexibility index (Phi) is 2.47. The van der Waals surface area contributed by atoms with Crippen molar-refractivity contribution in [3.63, 3.8) is 0 Å². The number of rotatable bonds is 1. The number of alkyl halides is 1. The summed E-state index contributed by atoms with van der Waals surface area (Å²) in [4.78, 5) is 0. The number of hydrogen-bond donors (Lipinski definition) is 1. The third kappa shape index (κ3) is 2.65. The van der Waals surface area contributed by atoms with Gasteiger partial charge in [0.2, 0.25) is 5.85 Å². The van der Waals surface area contributed by atoms with E-state index in [0.717, 1.165) is 0 Å². The van der Waals surface area contributed by atoms with E-state index >= 15 is 0 Å². The Labute approximate surface area is 62.3 Å². The first-order valence-corrected chi connectivity index (χ1v) is 3.57. The molecule has 10 heavy (non-hydrogen) atoms. The molecule has 0 aliphatic heterocycles. The lowest BCUT2D eigenvalue weighted by molar-refractivity contribution is -0.142. The minimum Gasteiger partial charge on any atom is -0.362 e. The van der Waals surface area contributed by atoms with Crippen LogP contribution in [0.4, 0.5) is 4.39 Å². The predicted molar refractivity (Wildman–Crippen MR) is 40.4 cm³/mol. The Morgan fingerprint density at radius 2 is 1.50 bits per heavy atom. The molecule has 1 N–H and O–H groups in total. The quantitative estimate of drug-likeness (QED) is 0.605. The fraction of sp³-hybridized carbons (Fsp3) is 1.00. The van der Waals surface area contributed by atoms with Crippen molar-refractivity contribution in [1.82, 2.24) is 0 Å². The summed E-state index contributed by atoms with van der Waals surface area (Å²) in [6.45, 7) is 8.63. The van der Waals surface area contributed by atoms with Crippen molar-refractivity contribution in [2.24, 2.45) is 11.3 Å². The van der Waals surface area contributed by atoms with Gasteiger partial charge in [-0.2, -0.15) is 0 Å². The molecule has 0 aromatic carbocycles. The molecule has 0 heterocycles. The van der Waals surface area contributed by atoms with Crippen molar-refractivity contribution in [2.75, 3.05) is 0 Å². The van der Waals surface area contributed by atoms with E-state index in [2.05, 4.69) is 0 Å². The van der Waals surface area contributed by atoms with E-state index in [9.17, 15) is 4.39 Å². The van der Waals surface area contributed by atoms with Crippen LogP contribution in [0.25, 0.3) is 0 Å². The SMILES string of the molecule is C[C@H](C(C)(C)C)[C@@](C)(O)F. The smallest absolute Gasteiger partial charge is 0.206 e. The molecule has 0 saturated heterocycles. The van der Waals surface area contributed by atoms with E-state index in [1.165, 1.54) is 6.92 Å². The van der Waals surface area contributed by atoms with Crippen molar-refractivity contribution in [1.29, 1.82) is 0 Å². The zero-order valence-electron chi connectivity index (χ0n) is 7.40. The summed E-state index contributed by atoms with van der Waals surface area (Å²) < 4.78 is 12.8. The van der Waals surface area contributed by atoms with Crippen molar-refractivity contribution < 1.29 is 9.50 Å². The van der Waals surface area contributed by atoms with Crippen LogP contribution in [0.1, 0.15) is 34.6 Å². The van der Waals surface area contributed by atoms with Crippen LogP contribution in [0.15, 0.2) is 0 Å². The lowest BCUT2D eigenvalue weighted by Crippen LogP contribution is -2.36. The van der Waals surface area contributed by atoms with Crippen LogP contribution < -0.4 is 0 Å². The molecular weight excluding hydrogens is 131 g/mol. The minimum absolute atomic E-state index is 0.182. The summed E-state index contributed by atoms with van der Waals surface area (Å²) in [5.74, 6) is -2.40. The Morgan fingerprint density at radius 1 is 1.20 bits per heavy atom. The maximum atomic E-state index is 12.8. The molecule has 0 amide bonds. The van der Waals surface area contributed by atoms with Crippen LogP contribution in [-0.4, -0.2) is 11.0 Å². The molecule has 0 fully saturated rings. The van der Waals surface area contributed by atoms with Gasteiger partial charge in [-0.15, -0.1) is 0 Å². The van der Waals surface area contributed by atoms with E-state index in [0.29, 0.717) is 0 Å². The molecule has 0 aliphatic rings. The van der Waals surface area contributed by atoms with E-state index in [1.807, 2.05) is 20.8 Å². The highest BCUT2D eigenvalue weighted by Gasteiger charge is 2.36. The van der Waals surface area contributed by atoms with Gasteiger partial charge in [0.15, 0.2) is 0 Å². The third-order valence-corrected chi connectivity index (χ3v) is 2.09. The van der Waals surface area contributed by atoms with Gasteiger partial charge in [-0.05, 0) is 12.3 Å². The third-order valence-electron chi connectivity index (χ3n) is 2.09. The molecule has 0 bridgehead atoms. The molecule has 0 aromatic rings. The maximum Gasteiger partial charge on any atom is 0.206 e.